The van der Waals surface area contributed by atoms with Crippen molar-refractivity contribution in [2.75, 3.05) is 73.6 Å². The highest BCUT2D eigenvalue weighted by Gasteiger charge is 2.21. The number of carbonyl (C=O) groups is 1. The number of nitrogens with zero attached hydrogens (tertiary/aromatic N) is 11. The van der Waals surface area contributed by atoms with Crippen LogP contribution in [0.15, 0.2) is 106 Å². The van der Waals surface area contributed by atoms with Gasteiger partial charge >= 0.3 is 0 Å². The molecule has 6 aromatic heterocycles. The molecule has 294 valence electrons. The molecule has 8 heterocycles. The summed E-state index contributed by atoms with van der Waals surface area (Å²) in [5.74, 6) is 2.88. The molecule has 2 aliphatic rings. The summed E-state index contributed by atoms with van der Waals surface area (Å²) in [6.45, 7) is 8.98. The van der Waals surface area contributed by atoms with E-state index >= 15 is 0 Å². The summed E-state index contributed by atoms with van der Waals surface area (Å²) in [7, 11) is 0. The number of hydrogen-bond acceptors (Lipinski definition) is 14. The Hall–Kier alpha value is -7.27. The third kappa shape index (κ3) is 7.37. The first-order valence-corrected chi connectivity index (χ1v) is 19.2. The van der Waals surface area contributed by atoms with Crippen molar-refractivity contribution < 1.29 is 13.6 Å². The summed E-state index contributed by atoms with van der Waals surface area (Å²) < 4.78 is 13.8. The SMILES string of the molecule is CCC(=O)N1CCN(c2cccc(-c3cc4nc(-c5ccco5)nn4c(N)n3)c2)CC1.Nc1nc(-c2cccc(N3CCNCC3)c2)cc2nc(-c3ccco3)nn12. The van der Waals surface area contributed by atoms with E-state index < -0.39 is 0 Å². The smallest absolute Gasteiger partial charge is 0.223 e. The maximum atomic E-state index is 11.9. The summed E-state index contributed by atoms with van der Waals surface area (Å²) in [5, 5.41) is 12.2. The van der Waals surface area contributed by atoms with Gasteiger partial charge in [-0.3, -0.25) is 4.79 Å². The zero-order valence-electron chi connectivity index (χ0n) is 31.9. The fourth-order valence-corrected chi connectivity index (χ4v) is 7.22. The van der Waals surface area contributed by atoms with Gasteiger partial charge in [0.1, 0.15) is 0 Å². The molecule has 1 amide bonds. The second-order valence-corrected chi connectivity index (χ2v) is 13.9. The highest BCUT2D eigenvalue weighted by molar-refractivity contribution is 5.76. The molecular weight excluding hydrogens is 737 g/mol. The van der Waals surface area contributed by atoms with E-state index in [1.807, 2.05) is 54.3 Å². The number of rotatable bonds is 7. The van der Waals surface area contributed by atoms with Crippen LogP contribution in [-0.2, 0) is 4.79 Å². The Morgan fingerprint density at radius 3 is 1.60 bits per heavy atom. The summed E-state index contributed by atoms with van der Waals surface area (Å²) in [6, 6.07) is 27.5. The first-order chi connectivity index (χ1) is 28.4. The first kappa shape index (κ1) is 36.4. The van der Waals surface area contributed by atoms with Crippen molar-refractivity contribution in [1.29, 1.82) is 0 Å². The predicted octanol–water partition coefficient (Wildman–Crippen LogP) is 4.74. The number of nitrogens with two attached hydrogens (primary N) is 2. The monoisotopic (exact) mass is 778 g/mol. The van der Waals surface area contributed by atoms with Gasteiger partial charge in [-0.2, -0.15) is 9.03 Å². The molecule has 0 saturated carbocycles. The normalized spacial score (nSPS) is 14.5. The number of nitrogen functional groups attached to an aromatic ring is 2. The maximum absolute atomic E-state index is 11.9. The van der Waals surface area contributed by atoms with E-state index in [1.54, 1.807) is 30.7 Å². The van der Waals surface area contributed by atoms with Gasteiger partial charge in [0.05, 0.1) is 23.9 Å². The van der Waals surface area contributed by atoms with Crippen molar-refractivity contribution in [1.82, 2.24) is 49.4 Å². The number of nitrogens with one attached hydrogen (secondary N) is 1. The Balaban J connectivity index is 0.000000152. The number of carbonyl (C=O) groups excluding carboxylic acids is 1. The van der Waals surface area contributed by atoms with E-state index in [0.717, 1.165) is 80.6 Å². The van der Waals surface area contributed by atoms with Gasteiger partial charge in [-0.15, -0.1) is 10.2 Å². The van der Waals surface area contributed by atoms with Gasteiger partial charge in [-0.05, 0) is 48.5 Å². The largest absolute Gasteiger partial charge is 0.461 e. The molecule has 2 aromatic carbocycles. The van der Waals surface area contributed by atoms with Gasteiger partial charge in [0, 0.05) is 93.4 Å². The molecule has 17 heteroatoms. The Morgan fingerprint density at radius 1 is 0.638 bits per heavy atom. The molecule has 0 radical (unpaired) electrons. The van der Waals surface area contributed by atoms with Crippen molar-refractivity contribution in [3.8, 4) is 45.7 Å². The van der Waals surface area contributed by atoms with Crippen LogP contribution in [0.1, 0.15) is 13.3 Å². The molecule has 5 N–H and O–H groups in total. The number of benzene rings is 2. The van der Waals surface area contributed by atoms with Crippen LogP contribution in [0.3, 0.4) is 0 Å². The van der Waals surface area contributed by atoms with Crippen LogP contribution in [0.4, 0.5) is 23.3 Å². The van der Waals surface area contributed by atoms with E-state index in [9.17, 15) is 4.79 Å². The van der Waals surface area contributed by atoms with Gasteiger partial charge in [-0.1, -0.05) is 31.2 Å². The minimum absolute atomic E-state index is 0.212. The average Bonchev–Trinajstić information content (AvgIpc) is 4.12. The van der Waals surface area contributed by atoms with E-state index in [1.165, 1.54) is 14.7 Å². The van der Waals surface area contributed by atoms with Crippen molar-refractivity contribution in [3.05, 3.63) is 97.5 Å². The maximum Gasteiger partial charge on any atom is 0.223 e. The molecule has 10 rings (SSSR count). The lowest BCUT2D eigenvalue weighted by Crippen LogP contribution is -2.48. The number of furan rings is 2. The molecule has 8 aromatic rings. The molecule has 2 aliphatic heterocycles. The van der Waals surface area contributed by atoms with Crippen LogP contribution < -0.4 is 26.6 Å². The molecule has 0 unspecified atom stereocenters. The second-order valence-electron chi connectivity index (χ2n) is 13.9. The Morgan fingerprint density at radius 2 is 1.14 bits per heavy atom. The zero-order valence-corrected chi connectivity index (χ0v) is 31.9. The lowest BCUT2D eigenvalue weighted by Gasteiger charge is -2.36. The van der Waals surface area contributed by atoms with Crippen LogP contribution in [0.2, 0.25) is 0 Å². The Labute approximate surface area is 332 Å². The third-order valence-electron chi connectivity index (χ3n) is 10.2. The van der Waals surface area contributed by atoms with Gasteiger partial charge in [0.25, 0.3) is 0 Å². The Kier molecular flexibility index (Phi) is 9.85. The zero-order chi connectivity index (χ0) is 39.6. The van der Waals surface area contributed by atoms with Crippen molar-refractivity contribution >= 4 is 40.5 Å². The summed E-state index contributed by atoms with van der Waals surface area (Å²) >= 11 is 0. The lowest BCUT2D eigenvalue weighted by atomic mass is 10.1. The number of amides is 1. The van der Waals surface area contributed by atoms with Gasteiger partial charge < -0.3 is 40.3 Å². The van der Waals surface area contributed by atoms with Gasteiger partial charge in [0.2, 0.25) is 29.5 Å². The van der Waals surface area contributed by atoms with Crippen LogP contribution >= 0.6 is 0 Å². The number of piperazine rings is 2. The van der Waals surface area contributed by atoms with Crippen LogP contribution in [0.5, 0.6) is 0 Å². The van der Waals surface area contributed by atoms with E-state index in [0.29, 0.717) is 46.8 Å². The first-order valence-electron chi connectivity index (χ1n) is 19.2. The number of hydrogen-bond donors (Lipinski definition) is 3. The molecule has 2 fully saturated rings. The molecule has 0 atom stereocenters. The minimum atomic E-state index is 0.212. The number of fused-ring (bicyclic) bond motifs is 2. The number of anilines is 4. The third-order valence-corrected chi connectivity index (χ3v) is 10.2. The predicted molar refractivity (Wildman–Crippen MR) is 221 cm³/mol. The van der Waals surface area contributed by atoms with Crippen LogP contribution in [-0.4, -0.2) is 102 Å². The second kappa shape index (κ2) is 15.7. The van der Waals surface area contributed by atoms with Crippen LogP contribution in [0, 0.1) is 0 Å². The topological polar surface area (TPSA) is 203 Å². The number of aromatic nitrogens is 8. The molecule has 58 heavy (non-hydrogen) atoms. The van der Waals surface area contributed by atoms with E-state index in [4.69, 9.17) is 20.3 Å². The minimum Gasteiger partial charge on any atom is -0.461 e. The van der Waals surface area contributed by atoms with Gasteiger partial charge in [-0.25, -0.2) is 19.9 Å². The summed E-state index contributed by atoms with van der Waals surface area (Å²) in [4.78, 5) is 36.7. The fraction of sp³-hybridized carbons (Fsp3) is 0.244. The standard InChI is InChI=1S/C22H23N7O2.C19H19N7O/c1-2-20(30)28-10-8-27(9-11-28)16-6-3-5-15(13-16)17-14-19-25-21(18-7-4-12-31-18)26-29(19)22(23)24-17;20-19-22-15(12-17-23-18(24-26(17)19)16-5-2-10-27-16)13-3-1-4-14(11-13)25-8-6-21-7-9-25/h3-7,12-14H,2,8-11H2,1H3,(H2,23,24);1-5,10-12,21H,6-9H2,(H2,20,22). The van der Waals surface area contributed by atoms with Crippen molar-refractivity contribution in [2.24, 2.45) is 0 Å². The Bertz CT molecular complexity index is 2670. The molecule has 2 saturated heterocycles. The van der Waals surface area contributed by atoms with Gasteiger partial charge in [0.15, 0.2) is 22.8 Å². The van der Waals surface area contributed by atoms with E-state index in [2.05, 4.69) is 69.5 Å². The molecule has 17 nitrogen and oxygen atoms in total. The average molecular weight is 779 g/mol. The molecule has 0 spiro atoms. The highest BCUT2D eigenvalue weighted by atomic mass is 16.3. The van der Waals surface area contributed by atoms with E-state index in [-0.39, 0.29) is 11.9 Å². The molecular formula is C41H42N14O3. The van der Waals surface area contributed by atoms with Crippen molar-refractivity contribution in [2.45, 2.75) is 13.3 Å². The summed E-state index contributed by atoms with van der Waals surface area (Å²) in [5.41, 5.74) is 19.3. The van der Waals surface area contributed by atoms with Crippen molar-refractivity contribution in [3.63, 3.8) is 0 Å². The molecule has 0 aliphatic carbocycles. The lowest BCUT2D eigenvalue weighted by molar-refractivity contribution is -0.131. The fourth-order valence-electron chi connectivity index (χ4n) is 7.22. The molecule has 0 bridgehead atoms. The summed E-state index contributed by atoms with van der Waals surface area (Å²) in [6.07, 6.45) is 3.72. The highest BCUT2D eigenvalue weighted by Crippen LogP contribution is 2.29. The van der Waals surface area contributed by atoms with Crippen LogP contribution in [0.25, 0.3) is 57.0 Å². The quantitative estimate of drug-likeness (QED) is 0.200.